The molecule has 2 rings (SSSR count). The average molecular weight is 406 g/mol. The molecule has 2 aromatic rings. The Morgan fingerprint density at radius 3 is 2.20 bits per heavy atom. The van der Waals surface area contributed by atoms with E-state index in [0.717, 1.165) is 4.47 Å². The molecule has 0 aliphatic rings. The number of anilines is 1. The van der Waals surface area contributed by atoms with Crippen LogP contribution >= 0.6 is 15.9 Å². The summed E-state index contributed by atoms with van der Waals surface area (Å²) < 4.78 is 11.6. The van der Waals surface area contributed by atoms with Crippen LogP contribution in [0.1, 0.15) is 31.1 Å². The second kappa shape index (κ2) is 8.16. The Labute approximate surface area is 155 Å². The third-order valence-electron chi connectivity index (χ3n) is 3.39. The zero-order chi connectivity index (χ0) is 18.4. The highest BCUT2D eigenvalue weighted by Crippen LogP contribution is 2.22. The first-order chi connectivity index (χ1) is 11.8. The fourth-order valence-electron chi connectivity index (χ4n) is 2.03. The molecule has 0 saturated heterocycles. The highest BCUT2D eigenvalue weighted by molar-refractivity contribution is 9.10. The second-order valence-corrected chi connectivity index (χ2v) is 6.73. The van der Waals surface area contributed by atoms with Crippen molar-refractivity contribution < 1.29 is 19.1 Å². The van der Waals surface area contributed by atoms with Gasteiger partial charge < -0.3 is 14.8 Å². The lowest BCUT2D eigenvalue weighted by atomic mass is 10.1. The van der Waals surface area contributed by atoms with Gasteiger partial charge in [-0.1, -0.05) is 15.9 Å². The molecule has 5 nitrogen and oxygen atoms in total. The van der Waals surface area contributed by atoms with Crippen LogP contribution in [0, 0.1) is 0 Å². The fourth-order valence-corrected chi connectivity index (χ4v) is 2.29. The Balaban J connectivity index is 2.02. The van der Waals surface area contributed by atoms with Crippen molar-refractivity contribution in [2.24, 2.45) is 0 Å². The lowest BCUT2D eigenvalue weighted by Gasteiger charge is -2.25. The lowest BCUT2D eigenvalue weighted by Crippen LogP contribution is -2.42. The molecule has 0 saturated carbocycles. The van der Waals surface area contributed by atoms with Gasteiger partial charge in [-0.3, -0.25) is 4.79 Å². The number of benzene rings is 2. The smallest absolute Gasteiger partial charge is 0.338 e. The number of hydrogen-bond acceptors (Lipinski definition) is 4. The summed E-state index contributed by atoms with van der Waals surface area (Å²) in [5, 5.41) is 2.79. The van der Waals surface area contributed by atoms with Crippen molar-refractivity contribution in [1.29, 1.82) is 0 Å². The second-order valence-electron chi connectivity index (χ2n) is 5.82. The van der Waals surface area contributed by atoms with Gasteiger partial charge in [0.25, 0.3) is 5.91 Å². The van der Waals surface area contributed by atoms with Gasteiger partial charge in [-0.15, -0.1) is 0 Å². The molecule has 0 heterocycles. The van der Waals surface area contributed by atoms with Crippen LogP contribution in [-0.4, -0.2) is 24.1 Å². The number of rotatable bonds is 6. The van der Waals surface area contributed by atoms with Crippen molar-refractivity contribution in [3.8, 4) is 5.75 Å². The first kappa shape index (κ1) is 19.0. The summed E-state index contributed by atoms with van der Waals surface area (Å²) in [5.74, 6) is -0.0837. The number of hydrogen-bond donors (Lipinski definition) is 1. The first-order valence-electron chi connectivity index (χ1n) is 7.85. The minimum absolute atomic E-state index is 0.292. The average Bonchev–Trinajstić information content (AvgIpc) is 2.57. The van der Waals surface area contributed by atoms with Crippen LogP contribution in [0.15, 0.2) is 53.0 Å². The molecule has 0 spiro atoms. The zero-order valence-corrected chi connectivity index (χ0v) is 15.9. The van der Waals surface area contributed by atoms with Crippen molar-refractivity contribution in [2.75, 3.05) is 11.9 Å². The molecule has 1 amide bonds. The Bertz CT molecular complexity index is 739. The number of carbonyl (C=O) groups excluding carboxylic acids is 2. The maximum Gasteiger partial charge on any atom is 0.338 e. The fraction of sp³-hybridized carbons (Fsp3) is 0.263. The molecule has 0 aromatic heterocycles. The van der Waals surface area contributed by atoms with Gasteiger partial charge in [-0.2, -0.15) is 0 Å². The summed E-state index contributed by atoms with van der Waals surface area (Å²) >= 11 is 3.36. The van der Waals surface area contributed by atoms with E-state index in [4.69, 9.17) is 9.47 Å². The maximum atomic E-state index is 12.5. The zero-order valence-electron chi connectivity index (χ0n) is 14.3. The molecule has 0 aliphatic heterocycles. The van der Waals surface area contributed by atoms with Crippen molar-refractivity contribution in [1.82, 2.24) is 0 Å². The van der Waals surface area contributed by atoms with E-state index in [9.17, 15) is 9.59 Å². The predicted octanol–water partition coefficient (Wildman–Crippen LogP) is 4.42. The van der Waals surface area contributed by atoms with Crippen molar-refractivity contribution in [3.05, 3.63) is 58.6 Å². The minimum Gasteiger partial charge on any atom is -0.478 e. The standard InChI is InChI=1S/C19H20BrNO4/c1-4-24-17(22)13-5-9-15(10-6-13)21-18(23)19(2,3)25-16-11-7-14(20)8-12-16/h5-12H,4H2,1-3H3,(H,21,23). The van der Waals surface area contributed by atoms with Crippen LogP contribution < -0.4 is 10.1 Å². The monoisotopic (exact) mass is 405 g/mol. The van der Waals surface area contributed by atoms with E-state index in [-0.39, 0.29) is 11.9 Å². The van der Waals surface area contributed by atoms with E-state index in [1.807, 2.05) is 12.1 Å². The van der Waals surface area contributed by atoms with Gasteiger partial charge in [0.05, 0.1) is 12.2 Å². The predicted molar refractivity (Wildman–Crippen MR) is 99.9 cm³/mol. The summed E-state index contributed by atoms with van der Waals surface area (Å²) in [6.07, 6.45) is 0. The van der Waals surface area contributed by atoms with Crippen LogP contribution in [0.3, 0.4) is 0 Å². The molecule has 1 N–H and O–H groups in total. The number of ether oxygens (including phenoxy) is 2. The van der Waals surface area contributed by atoms with Gasteiger partial charge in [-0.25, -0.2) is 4.79 Å². The molecule has 132 valence electrons. The van der Waals surface area contributed by atoms with E-state index in [1.54, 1.807) is 57.2 Å². The molecule has 0 atom stereocenters. The summed E-state index contributed by atoms with van der Waals surface area (Å²) in [6, 6.07) is 13.8. The molecule has 6 heteroatoms. The van der Waals surface area contributed by atoms with Gasteiger partial charge in [0, 0.05) is 10.2 Å². The molecule has 25 heavy (non-hydrogen) atoms. The summed E-state index contributed by atoms with van der Waals surface area (Å²) in [4.78, 5) is 24.1. The van der Waals surface area contributed by atoms with Gasteiger partial charge in [-0.05, 0) is 69.3 Å². The minimum atomic E-state index is -1.06. The Kier molecular flexibility index (Phi) is 6.20. The molecule has 2 aromatic carbocycles. The largest absolute Gasteiger partial charge is 0.478 e. The van der Waals surface area contributed by atoms with E-state index in [1.165, 1.54) is 0 Å². The Morgan fingerprint density at radius 2 is 1.64 bits per heavy atom. The van der Waals surface area contributed by atoms with E-state index < -0.39 is 5.60 Å². The molecule has 0 unspecified atom stereocenters. The molecule has 0 bridgehead atoms. The highest BCUT2D eigenvalue weighted by atomic mass is 79.9. The van der Waals surface area contributed by atoms with Gasteiger partial charge in [0.2, 0.25) is 0 Å². The van der Waals surface area contributed by atoms with Gasteiger partial charge in [0.1, 0.15) is 5.75 Å². The SMILES string of the molecule is CCOC(=O)c1ccc(NC(=O)C(C)(C)Oc2ccc(Br)cc2)cc1. The van der Waals surface area contributed by atoms with Crippen molar-refractivity contribution >= 4 is 33.5 Å². The Hall–Kier alpha value is -2.34. The third-order valence-corrected chi connectivity index (χ3v) is 3.92. The topological polar surface area (TPSA) is 64.6 Å². The normalized spacial score (nSPS) is 10.9. The lowest BCUT2D eigenvalue weighted by molar-refractivity contribution is -0.128. The third kappa shape index (κ3) is 5.32. The molecule has 0 radical (unpaired) electrons. The molecular formula is C19H20BrNO4. The molecule has 0 aliphatic carbocycles. The van der Waals surface area contributed by atoms with Crippen LogP contribution in [0.25, 0.3) is 0 Å². The van der Waals surface area contributed by atoms with E-state index >= 15 is 0 Å². The van der Waals surface area contributed by atoms with Crippen LogP contribution in [0.2, 0.25) is 0 Å². The number of esters is 1. The van der Waals surface area contributed by atoms with Crippen molar-refractivity contribution in [3.63, 3.8) is 0 Å². The number of nitrogens with one attached hydrogen (secondary N) is 1. The Morgan fingerprint density at radius 1 is 1.04 bits per heavy atom. The first-order valence-corrected chi connectivity index (χ1v) is 8.64. The van der Waals surface area contributed by atoms with E-state index in [2.05, 4.69) is 21.2 Å². The number of halogens is 1. The van der Waals surface area contributed by atoms with Crippen LogP contribution in [0.4, 0.5) is 5.69 Å². The molecule has 0 fully saturated rings. The van der Waals surface area contributed by atoms with Crippen LogP contribution in [0.5, 0.6) is 5.75 Å². The maximum absolute atomic E-state index is 12.5. The highest BCUT2D eigenvalue weighted by Gasteiger charge is 2.30. The summed E-state index contributed by atoms with van der Waals surface area (Å²) in [7, 11) is 0. The van der Waals surface area contributed by atoms with E-state index in [0.29, 0.717) is 23.6 Å². The number of amides is 1. The van der Waals surface area contributed by atoms with Crippen LogP contribution in [-0.2, 0) is 9.53 Å². The summed E-state index contributed by atoms with van der Waals surface area (Å²) in [6.45, 7) is 5.45. The number of carbonyl (C=O) groups is 2. The quantitative estimate of drug-likeness (QED) is 0.722. The summed E-state index contributed by atoms with van der Waals surface area (Å²) in [5.41, 5.74) is -0.0519. The van der Waals surface area contributed by atoms with Gasteiger partial charge in [0.15, 0.2) is 5.60 Å². The van der Waals surface area contributed by atoms with Crippen molar-refractivity contribution in [2.45, 2.75) is 26.4 Å². The molecular weight excluding hydrogens is 386 g/mol. The van der Waals surface area contributed by atoms with Gasteiger partial charge >= 0.3 is 5.97 Å².